The molecule has 162 valence electrons. The number of hydrogen-bond acceptors (Lipinski definition) is 4. The van der Waals surface area contributed by atoms with Crippen LogP contribution in [0.2, 0.25) is 0 Å². The van der Waals surface area contributed by atoms with Crippen LogP contribution in [-0.2, 0) is 26.4 Å². The summed E-state index contributed by atoms with van der Waals surface area (Å²) >= 11 is 0. The Kier molecular flexibility index (Phi) is 4.79. The van der Waals surface area contributed by atoms with Crippen LogP contribution < -0.4 is 4.90 Å². The average Bonchev–Trinajstić information content (AvgIpc) is 3.38. The number of hydrogen-bond donors (Lipinski definition) is 1. The second kappa shape index (κ2) is 7.51. The molecule has 0 bridgehead atoms. The molecule has 2 aliphatic heterocycles. The van der Waals surface area contributed by atoms with E-state index in [-0.39, 0.29) is 5.56 Å². The third kappa shape index (κ3) is 3.40. The Morgan fingerprint density at radius 1 is 1.23 bits per heavy atom. The van der Waals surface area contributed by atoms with Crippen LogP contribution in [0.15, 0.2) is 36.8 Å². The Morgan fingerprint density at radius 2 is 2.06 bits per heavy atom. The number of anilines is 2. The number of aromatic nitrogens is 4. The largest absolute Gasteiger partial charge is 0.371 e. The van der Waals surface area contributed by atoms with Crippen molar-refractivity contribution in [1.29, 1.82) is 0 Å². The van der Waals surface area contributed by atoms with Crippen LogP contribution in [0, 0.1) is 0 Å². The van der Waals surface area contributed by atoms with Crippen LogP contribution in [0.3, 0.4) is 0 Å². The molecule has 0 unspecified atom stereocenters. The Bertz CT molecular complexity index is 1150. The number of aromatic amines is 1. The molecule has 1 aromatic carbocycles. The highest BCUT2D eigenvalue weighted by Gasteiger charge is 2.30. The van der Waals surface area contributed by atoms with Gasteiger partial charge in [0, 0.05) is 73.1 Å². The van der Waals surface area contributed by atoms with E-state index in [1.807, 2.05) is 13.0 Å². The number of halogens is 2. The van der Waals surface area contributed by atoms with Gasteiger partial charge in [-0.05, 0) is 43.0 Å². The summed E-state index contributed by atoms with van der Waals surface area (Å²) in [6.07, 6.45) is 3.52. The molecule has 31 heavy (non-hydrogen) atoms. The van der Waals surface area contributed by atoms with E-state index >= 15 is 0 Å². The first kappa shape index (κ1) is 19.8. The van der Waals surface area contributed by atoms with E-state index in [0.717, 1.165) is 72.9 Å². The third-order valence-corrected chi connectivity index (χ3v) is 6.33. The Morgan fingerprint density at radius 3 is 2.77 bits per heavy atom. The molecule has 0 atom stereocenters. The van der Waals surface area contributed by atoms with Gasteiger partial charge in [0.1, 0.15) is 0 Å². The molecule has 0 spiro atoms. The molecule has 8 heteroatoms. The van der Waals surface area contributed by atoms with Gasteiger partial charge in [-0.1, -0.05) is 6.58 Å². The summed E-state index contributed by atoms with van der Waals surface area (Å²) in [5.41, 5.74) is 6.49. The lowest BCUT2D eigenvalue weighted by Crippen LogP contribution is -2.31. The van der Waals surface area contributed by atoms with Crippen molar-refractivity contribution in [2.45, 2.75) is 39.2 Å². The van der Waals surface area contributed by atoms with Crippen molar-refractivity contribution in [1.82, 2.24) is 24.9 Å². The standard InChI is InChI=1S/C23H26F2N6/c1-14(2)30-8-6-20-19(13-30)23(28-27-20)31-7-4-5-15-9-17(16-11-26-29(3)12-16)18(22(24)25)10-21(15)31/h9-12,22H,1,4-8,13H2,2-3H3,(H,27,28). The first-order chi connectivity index (χ1) is 14.9. The molecule has 0 fully saturated rings. The molecule has 5 rings (SSSR count). The molecular weight excluding hydrogens is 398 g/mol. The molecule has 2 aromatic heterocycles. The zero-order valence-electron chi connectivity index (χ0n) is 17.8. The number of nitrogens with one attached hydrogen (secondary N) is 1. The summed E-state index contributed by atoms with van der Waals surface area (Å²) in [5.74, 6) is 0.844. The zero-order valence-corrected chi connectivity index (χ0v) is 17.8. The molecule has 3 aromatic rings. The first-order valence-electron chi connectivity index (χ1n) is 10.6. The highest BCUT2D eigenvalue weighted by atomic mass is 19.3. The van der Waals surface area contributed by atoms with E-state index in [0.29, 0.717) is 11.1 Å². The van der Waals surface area contributed by atoms with Crippen molar-refractivity contribution in [3.63, 3.8) is 0 Å². The number of nitrogens with zero attached hydrogens (tertiary/aromatic N) is 5. The lowest BCUT2D eigenvalue weighted by Gasteiger charge is -2.34. The lowest BCUT2D eigenvalue weighted by atomic mass is 9.92. The van der Waals surface area contributed by atoms with Crippen LogP contribution in [0.4, 0.5) is 20.3 Å². The minimum absolute atomic E-state index is 0.0339. The van der Waals surface area contributed by atoms with Gasteiger partial charge in [0.25, 0.3) is 6.43 Å². The van der Waals surface area contributed by atoms with Gasteiger partial charge in [0.15, 0.2) is 5.82 Å². The number of H-pyrrole nitrogens is 1. The maximum Gasteiger partial charge on any atom is 0.264 e. The maximum absolute atomic E-state index is 14.1. The van der Waals surface area contributed by atoms with Crippen LogP contribution >= 0.6 is 0 Å². The minimum Gasteiger partial charge on any atom is -0.371 e. The second-order valence-corrected chi connectivity index (χ2v) is 8.44. The molecule has 6 nitrogen and oxygen atoms in total. The molecule has 2 aliphatic rings. The lowest BCUT2D eigenvalue weighted by molar-refractivity contribution is 0.152. The summed E-state index contributed by atoms with van der Waals surface area (Å²) in [6, 6.07) is 3.57. The summed E-state index contributed by atoms with van der Waals surface area (Å²) < 4.78 is 29.8. The van der Waals surface area contributed by atoms with Gasteiger partial charge in [-0.15, -0.1) is 0 Å². The summed E-state index contributed by atoms with van der Waals surface area (Å²) in [4.78, 5) is 4.34. The van der Waals surface area contributed by atoms with Crippen molar-refractivity contribution in [2.75, 3.05) is 18.0 Å². The Balaban J connectivity index is 1.60. The van der Waals surface area contributed by atoms with E-state index in [2.05, 4.69) is 31.7 Å². The average molecular weight is 424 g/mol. The summed E-state index contributed by atoms with van der Waals surface area (Å²) in [6.45, 7) is 8.48. The predicted molar refractivity (Wildman–Crippen MR) is 116 cm³/mol. The fourth-order valence-corrected chi connectivity index (χ4v) is 4.69. The van der Waals surface area contributed by atoms with Gasteiger partial charge < -0.3 is 9.80 Å². The number of fused-ring (bicyclic) bond motifs is 2. The van der Waals surface area contributed by atoms with E-state index in [9.17, 15) is 8.78 Å². The third-order valence-electron chi connectivity index (χ3n) is 6.33. The number of allylic oxidation sites excluding steroid dienone is 1. The molecular formula is C23H26F2N6. The molecule has 0 saturated carbocycles. The molecule has 0 amide bonds. The molecule has 1 N–H and O–H groups in total. The zero-order chi connectivity index (χ0) is 21.7. The Hall–Kier alpha value is -3.16. The predicted octanol–water partition coefficient (Wildman–Crippen LogP) is 4.72. The van der Waals surface area contributed by atoms with E-state index < -0.39 is 6.43 Å². The quantitative estimate of drug-likeness (QED) is 0.658. The SMILES string of the molecule is C=C(C)N1CCc2[nH]nc(N3CCCc4cc(-c5cnn(C)c5)c(C(F)F)cc43)c2C1. The number of aryl methyl sites for hydroxylation is 2. The fraction of sp³-hybridized carbons (Fsp3) is 0.391. The van der Waals surface area contributed by atoms with Crippen molar-refractivity contribution in [3.8, 4) is 11.1 Å². The van der Waals surface area contributed by atoms with Crippen LogP contribution in [-0.4, -0.2) is 38.0 Å². The number of rotatable bonds is 4. The second-order valence-electron chi connectivity index (χ2n) is 8.44. The van der Waals surface area contributed by atoms with Gasteiger partial charge in [0.05, 0.1) is 6.20 Å². The van der Waals surface area contributed by atoms with Crippen molar-refractivity contribution >= 4 is 11.5 Å². The van der Waals surface area contributed by atoms with E-state index in [4.69, 9.17) is 0 Å². The maximum atomic E-state index is 14.1. The normalized spacial score (nSPS) is 15.9. The molecule has 0 aliphatic carbocycles. The number of benzene rings is 1. The monoisotopic (exact) mass is 424 g/mol. The van der Waals surface area contributed by atoms with Crippen molar-refractivity contribution < 1.29 is 8.78 Å². The first-order valence-corrected chi connectivity index (χ1v) is 10.6. The molecule has 4 heterocycles. The van der Waals surface area contributed by atoms with Gasteiger partial charge in [-0.2, -0.15) is 10.2 Å². The number of alkyl halides is 2. The van der Waals surface area contributed by atoms with E-state index in [1.165, 1.54) is 0 Å². The van der Waals surface area contributed by atoms with Gasteiger partial charge >= 0.3 is 0 Å². The molecule has 0 radical (unpaired) electrons. The fourth-order valence-electron chi connectivity index (χ4n) is 4.69. The Labute approximate surface area is 180 Å². The van der Waals surface area contributed by atoms with Crippen molar-refractivity contribution in [3.05, 3.63) is 59.2 Å². The van der Waals surface area contributed by atoms with Crippen LogP contribution in [0.5, 0.6) is 0 Å². The van der Waals surface area contributed by atoms with Gasteiger partial charge in [0.2, 0.25) is 0 Å². The van der Waals surface area contributed by atoms with E-state index in [1.54, 1.807) is 30.2 Å². The molecule has 0 saturated heterocycles. The highest BCUT2D eigenvalue weighted by molar-refractivity contribution is 5.76. The summed E-state index contributed by atoms with van der Waals surface area (Å²) in [7, 11) is 1.79. The van der Waals surface area contributed by atoms with Gasteiger partial charge in [-0.25, -0.2) is 8.78 Å². The smallest absolute Gasteiger partial charge is 0.264 e. The highest BCUT2D eigenvalue weighted by Crippen LogP contribution is 2.42. The van der Waals surface area contributed by atoms with Crippen LogP contribution in [0.25, 0.3) is 11.1 Å². The van der Waals surface area contributed by atoms with Crippen LogP contribution in [0.1, 0.15) is 42.2 Å². The summed E-state index contributed by atoms with van der Waals surface area (Å²) in [5, 5.41) is 12.0. The topological polar surface area (TPSA) is 53.0 Å². The van der Waals surface area contributed by atoms with Crippen molar-refractivity contribution in [2.24, 2.45) is 7.05 Å². The minimum atomic E-state index is -2.57. The van der Waals surface area contributed by atoms with Gasteiger partial charge in [-0.3, -0.25) is 9.78 Å².